The van der Waals surface area contributed by atoms with Crippen LogP contribution in [0.4, 0.5) is 0 Å². The smallest absolute Gasteiger partial charge is 0.298 e. The van der Waals surface area contributed by atoms with Crippen molar-refractivity contribution in [1.82, 2.24) is 39.0 Å². The van der Waals surface area contributed by atoms with E-state index in [-0.39, 0.29) is 17.4 Å². The van der Waals surface area contributed by atoms with Crippen molar-refractivity contribution in [3.63, 3.8) is 0 Å². The van der Waals surface area contributed by atoms with Gasteiger partial charge >= 0.3 is 0 Å². The molecule has 2 fully saturated rings. The molecule has 12 heteroatoms. The number of imidazole rings is 1. The number of nitrogens with one attached hydrogen (secondary N) is 1. The van der Waals surface area contributed by atoms with E-state index in [1.807, 2.05) is 12.1 Å². The summed E-state index contributed by atoms with van der Waals surface area (Å²) in [4.78, 5) is 18.2. The van der Waals surface area contributed by atoms with E-state index in [2.05, 4.69) is 48.8 Å². The number of hydrogen-bond donors (Lipinski definition) is 1. The number of pyridine rings is 1. The minimum atomic E-state index is -3.43. The van der Waals surface area contributed by atoms with E-state index in [0.717, 1.165) is 39.6 Å². The van der Waals surface area contributed by atoms with E-state index in [1.165, 1.54) is 12.4 Å². The van der Waals surface area contributed by atoms with Gasteiger partial charge in [0, 0.05) is 37.4 Å². The number of fused-ring (bicyclic) bond motifs is 1. The Labute approximate surface area is 202 Å². The summed E-state index contributed by atoms with van der Waals surface area (Å²) in [6, 6.07) is 4.64. The van der Waals surface area contributed by atoms with Crippen LogP contribution >= 0.6 is 0 Å². The van der Waals surface area contributed by atoms with E-state index in [0.29, 0.717) is 36.7 Å². The third-order valence-electron chi connectivity index (χ3n) is 6.23. The summed E-state index contributed by atoms with van der Waals surface area (Å²) >= 11 is 0. The van der Waals surface area contributed by atoms with Crippen LogP contribution in [0.15, 0.2) is 36.9 Å². The second-order valence-electron chi connectivity index (χ2n) is 9.31. The highest BCUT2D eigenvalue weighted by Crippen LogP contribution is 2.30. The Bertz CT molecular complexity index is 1500. The van der Waals surface area contributed by atoms with Crippen LogP contribution in [0.25, 0.3) is 22.4 Å². The van der Waals surface area contributed by atoms with Gasteiger partial charge in [0.05, 0.1) is 40.6 Å². The van der Waals surface area contributed by atoms with Crippen LogP contribution in [0.2, 0.25) is 0 Å². The zero-order chi connectivity index (χ0) is 24.2. The average Bonchev–Trinajstić information content (AvgIpc) is 3.43. The van der Waals surface area contributed by atoms with Gasteiger partial charge in [-0.3, -0.25) is 9.55 Å². The minimum Gasteiger partial charge on any atom is -0.459 e. The maximum atomic E-state index is 12.4. The fourth-order valence-electron chi connectivity index (χ4n) is 4.09. The minimum absolute atomic E-state index is 0.139. The van der Waals surface area contributed by atoms with Crippen LogP contribution in [0.1, 0.15) is 44.1 Å². The normalized spacial score (nSPS) is 16.7. The molecule has 4 aromatic rings. The van der Waals surface area contributed by atoms with Crippen molar-refractivity contribution >= 4 is 21.1 Å². The molecule has 0 spiro atoms. The van der Waals surface area contributed by atoms with Crippen molar-refractivity contribution in [3.05, 3.63) is 48.3 Å². The van der Waals surface area contributed by atoms with Gasteiger partial charge in [-0.1, -0.05) is 0 Å². The summed E-state index contributed by atoms with van der Waals surface area (Å²) in [6.07, 6.45) is 8.40. The molecule has 1 saturated heterocycles. The quantitative estimate of drug-likeness (QED) is 0.390. The summed E-state index contributed by atoms with van der Waals surface area (Å²) < 4.78 is 34.1. The lowest BCUT2D eigenvalue weighted by Crippen LogP contribution is -2.50. The molecule has 35 heavy (non-hydrogen) atoms. The van der Waals surface area contributed by atoms with Gasteiger partial charge in [-0.15, -0.1) is 0 Å². The van der Waals surface area contributed by atoms with Crippen molar-refractivity contribution in [3.8, 4) is 17.4 Å². The van der Waals surface area contributed by atoms with Gasteiger partial charge in [-0.05, 0) is 38.8 Å². The Morgan fingerprint density at radius 3 is 2.69 bits per heavy atom. The first kappa shape index (κ1) is 22.1. The molecule has 1 aliphatic carbocycles. The van der Waals surface area contributed by atoms with Crippen molar-refractivity contribution in [2.24, 2.45) is 0 Å². The monoisotopic (exact) mass is 494 g/mol. The van der Waals surface area contributed by atoms with Crippen LogP contribution in [-0.4, -0.2) is 66.6 Å². The van der Waals surface area contributed by atoms with E-state index in [1.54, 1.807) is 12.4 Å². The van der Waals surface area contributed by atoms with Crippen LogP contribution in [0, 0.1) is 0 Å². The Balaban J connectivity index is 1.27. The molecule has 11 nitrogen and oxygen atoms in total. The van der Waals surface area contributed by atoms with Gasteiger partial charge in [-0.2, -0.15) is 14.2 Å². The van der Waals surface area contributed by atoms with Crippen molar-refractivity contribution < 1.29 is 13.2 Å². The largest absolute Gasteiger partial charge is 0.459 e. The SMILES string of the molecule is CC(C)n1c(OC2CNC2)nc2cnc(Cc3ccnc(-c4cnn(S(=O)(=O)C5CC5)c4)n3)cc21. The zero-order valence-electron chi connectivity index (χ0n) is 19.5. The van der Waals surface area contributed by atoms with Crippen molar-refractivity contribution in [2.75, 3.05) is 13.1 Å². The highest BCUT2D eigenvalue weighted by molar-refractivity contribution is 7.90. The molecular weight excluding hydrogens is 468 g/mol. The molecule has 0 aromatic carbocycles. The first-order valence-electron chi connectivity index (χ1n) is 11.7. The molecule has 0 unspecified atom stereocenters. The molecule has 6 rings (SSSR count). The van der Waals surface area contributed by atoms with E-state index >= 15 is 0 Å². The lowest BCUT2D eigenvalue weighted by molar-refractivity contribution is 0.123. The lowest BCUT2D eigenvalue weighted by atomic mass is 10.2. The number of nitrogens with zero attached hydrogens (tertiary/aromatic N) is 7. The van der Waals surface area contributed by atoms with Gasteiger partial charge in [0.25, 0.3) is 16.0 Å². The molecule has 4 aromatic heterocycles. The van der Waals surface area contributed by atoms with E-state index in [4.69, 9.17) is 4.74 Å². The van der Waals surface area contributed by atoms with Gasteiger partial charge in [0.1, 0.15) is 11.6 Å². The van der Waals surface area contributed by atoms with E-state index in [9.17, 15) is 8.42 Å². The molecule has 5 heterocycles. The summed E-state index contributed by atoms with van der Waals surface area (Å²) in [5.74, 6) is 0.429. The summed E-state index contributed by atoms with van der Waals surface area (Å²) in [5.41, 5.74) is 3.93. The standard InChI is InChI=1S/C23H26N8O3S/c1-14(2)31-21-8-17(26-12-20(21)29-23(31)34-18-10-24-11-18)7-16-5-6-25-22(28-16)15-9-27-30(13-15)35(32,33)19-3-4-19/h5-6,8-9,12-14,18-19,24H,3-4,7,10-11H2,1-2H3. The van der Waals surface area contributed by atoms with Crippen LogP contribution < -0.4 is 10.1 Å². The second-order valence-corrected chi connectivity index (χ2v) is 11.4. The summed E-state index contributed by atoms with van der Waals surface area (Å²) in [6.45, 7) is 5.86. The molecule has 2 aliphatic rings. The molecule has 0 amide bonds. The van der Waals surface area contributed by atoms with Crippen LogP contribution in [-0.2, 0) is 16.4 Å². The Morgan fingerprint density at radius 2 is 1.97 bits per heavy atom. The Hall–Kier alpha value is -3.38. The molecule has 182 valence electrons. The number of ether oxygens (including phenoxy) is 1. The summed E-state index contributed by atoms with van der Waals surface area (Å²) in [7, 11) is -3.43. The predicted molar refractivity (Wildman–Crippen MR) is 129 cm³/mol. The van der Waals surface area contributed by atoms with Crippen molar-refractivity contribution in [2.45, 2.75) is 50.5 Å². The van der Waals surface area contributed by atoms with Crippen LogP contribution in [0.5, 0.6) is 6.01 Å². The molecule has 0 bridgehead atoms. The fraction of sp³-hybridized carbons (Fsp3) is 0.435. The average molecular weight is 495 g/mol. The first-order chi connectivity index (χ1) is 16.9. The number of aromatic nitrogens is 7. The summed E-state index contributed by atoms with van der Waals surface area (Å²) in [5, 5.41) is 6.92. The number of hydrogen-bond acceptors (Lipinski definition) is 9. The predicted octanol–water partition coefficient (Wildman–Crippen LogP) is 1.95. The van der Waals surface area contributed by atoms with Crippen molar-refractivity contribution in [1.29, 1.82) is 0 Å². The Morgan fingerprint density at radius 1 is 1.14 bits per heavy atom. The van der Waals surface area contributed by atoms with Gasteiger partial charge in [-0.25, -0.2) is 18.4 Å². The van der Waals surface area contributed by atoms with Gasteiger partial charge in [0.2, 0.25) is 0 Å². The second kappa shape index (κ2) is 8.38. The third-order valence-corrected chi connectivity index (χ3v) is 8.27. The van der Waals surface area contributed by atoms with Gasteiger partial charge in [0.15, 0.2) is 5.82 Å². The molecular formula is C23H26N8O3S. The highest BCUT2D eigenvalue weighted by Gasteiger charge is 2.37. The zero-order valence-corrected chi connectivity index (χ0v) is 20.3. The van der Waals surface area contributed by atoms with Gasteiger partial charge < -0.3 is 10.1 Å². The molecule has 0 radical (unpaired) electrons. The van der Waals surface area contributed by atoms with E-state index < -0.39 is 10.0 Å². The topological polar surface area (TPSA) is 130 Å². The highest BCUT2D eigenvalue weighted by atomic mass is 32.2. The molecule has 1 aliphatic heterocycles. The number of rotatable bonds is 8. The molecule has 0 atom stereocenters. The molecule has 1 saturated carbocycles. The lowest BCUT2D eigenvalue weighted by Gasteiger charge is -2.27. The molecule has 1 N–H and O–H groups in total. The fourth-order valence-corrected chi connectivity index (χ4v) is 5.57. The van der Waals surface area contributed by atoms with Crippen LogP contribution in [0.3, 0.4) is 0 Å². The first-order valence-corrected chi connectivity index (χ1v) is 13.2. The Kier molecular flexibility index (Phi) is 5.29. The maximum absolute atomic E-state index is 12.4. The third kappa shape index (κ3) is 4.16. The maximum Gasteiger partial charge on any atom is 0.298 e.